The maximum absolute atomic E-state index is 12.3. The summed E-state index contributed by atoms with van der Waals surface area (Å²) in [6.07, 6.45) is 4.14. The van der Waals surface area contributed by atoms with Crippen LogP contribution in [-0.2, 0) is 13.2 Å². The molecule has 0 bridgehead atoms. The van der Waals surface area contributed by atoms with Gasteiger partial charge in [0.1, 0.15) is 12.4 Å². The van der Waals surface area contributed by atoms with Gasteiger partial charge in [-0.25, -0.2) is 0 Å². The SMILES string of the molecule is O=C(NCCCn1cc(Cl)cn1)c1cccc(COc2ccc(Br)cc2)c1. The number of nitrogens with zero attached hydrogens (tertiary/aromatic N) is 2. The van der Waals surface area contributed by atoms with Gasteiger partial charge in [0.25, 0.3) is 5.91 Å². The van der Waals surface area contributed by atoms with Crippen molar-refractivity contribution in [3.63, 3.8) is 0 Å². The molecule has 27 heavy (non-hydrogen) atoms. The molecule has 0 fully saturated rings. The highest BCUT2D eigenvalue weighted by atomic mass is 79.9. The number of hydrogen-bond acceptors (Lipinski definition) is 3. The lowest BCUT2D eigenvalue weighted by Crippen LogP contribution is -2.25. The van der Waals surface area contributed by atoms with Crippen LogP contribution in [0.2, 0.25) is 5.02 Å². The molecule has 0 saturated carbocycles. The lowest BCUT2D eigenvalue weighted by Gasteiger charge is -2.09. The van der Waals surface area contributed by atoms with Gasteiger partial charge in [0.05, 0.1) is 11.2 Å². The summed E-state index contributed by atoms with van der Waals surface area (Å²) in [5.74, 6) is 0.686. The lowest BCUT2D eigenvalue weighted by molar-refractivity contribution is 0.0952. The van der Waals surface area contributed by atoms with Crippen LogP contribution >= 0.6 is 27.5 Å². The van der Waals surface area contributed by atoms with Gasteiger partial charge in [-0.3, -0.25) is 9.48 Å². The first-order valence-electron chi connectivity index (χ1n) is 8.53. The van der Waals surface area contributed by atoms with Gasteiger partial charge in [0, 0.05) is 29.3 Å². The Labute approximate surface area is 171 Å². The van der Waals surface area contributed by atoms with Crippen molar-refractivity contribution in [1.82, 2.24) is 15.1 Å². The molecule has 0 spiro atoms. The van der Waals surface area contributed by atoms with Crippen molar-refractivity contribution in [2.75, 3.05) is 6.54 Å². The van der Waals surface area contributed by atoms with Crippen LogP contribution < -0.4 is 10.1 Å². The number of nitrogens with one attached hydrogen (secondary N) is 1. The summed E-state index contributed by atoms with van der Waals surface area (Å²) in [6.45, 7) is 1.67. The maximum Gasteiger partial charge on any atom is 0.251 e. The van der Waals surface area contributed by atoms with Gasteiger partial charge in [-0.15, -0.1) is 0 Å². The van der Waals surface area contributed by atoms with E-state index in [1.165, 1.54) is 0 Å². The zero-order valence-corrected chi connectivity index (χ0v) is 16.9. The summed E-state index contributed by atoms with van der Waals surface area (Å²) >= 11 is 9.22. The molecule has 3 rings (SSSR count). The molecule has 0 unspecified atom stereocenters. The molecule has 3 aromatic rings. The van der Waals surface area contributed by atoms with E-state index in [0.29, 0.717) is 30.3 Å². The fourth-order valence-electron chi connectivity index (χ4n) is 2.51. The summed E-state index contributed by atoms with van der Waals surface area (Å²) < 4.78 is 8.52. The van der Waals surface area contributed by atoms with Crippen LogP contribution in [0, 0.1) is 0 Å². The third-order valence-electron chi connectivity index (χ3n) is 3.86. The van der Waals surface area contributed by atoms with E-state index in [0.717, 1.165) is 22.2 Å². The van der Waals surface area contributed by atoms with Gasteiger partial charge in [0.15, 0.2) is 0 Å². The molecule has 1 aromatic heterocycles. The lowest BCUT2D eigenvalue weighted by atomic mass is 10.1. The molecule has 5 nitrogen and oxygen atoms in total. The van der Waals surface area contributed by atoms with Gasteiger partial charge in [0.2, 0.25) is 0 Å². The number of aromatic nitrogens is 2. The summed E-state index contributed by atoms with van der Waals surface area (Å²) in [7, 11) is 0. The molecule has 0 aliphatic rings. The van der Waals surface area contributed by atoms with Gasteiger partial charge >= 0.3 is 0 Å². The van der Waals surface area contributed by atoms with E-state index in [1.807, 2.05) is 42.5 Å². The average molecular weight is 449 g/mol. The van der Waals surface area contributed by atoms with Crippen LogP contribution in [-0.4, -0.2) is 22.2 Å². The highest BCUT2D eigenvalue weighted by Crippen LogP contribution is 2.17. The summed E-state index contributed by atoms with van der Waals surface area (Å²) in [5, 5.41) is 7.64. The van der Waals surface area contributed by atoms with Crippen molar-refractivity contribution in [1.29, 1.82) is 0 Å². The third-order valence-corrected chi connectivity index (χ3v) is 4.58. The van der Waals surface area contributed by atoms with E-state index < -0.39 is 0 Å². The molecule has 2 aromatic carbocycles. The van der Waals surface area contributed by atoms with Crippen LogP contribution in [0.1, 0.15) is 22.3 Å². The van der Waals surface area contributed by atoms with Crippen molar-refractivity contribution in [2.24, 2.45) is 0 Å². The first-order chi connectivity index (χ1) is 13.1. The molecule has 1 heterocycles. The van der Waals surface area contributed by atoms with E-state index in [4.69, 9.17) is 16.3 Å². The number of amides is 1. The normalized spacial score (nSPS) is 10.6. The zero-order chi connectivity index (χ0) is 19.1. The number of aryl methyl sites for hydroxylation is 1. The fraction of sp³-hybridized carbons (Fsp3) is 0.200. The minimum Gasteiger partial charge on any atom is -0.489 e. The topological polar surface area (TPSA) is 56.2 Å². The summed E-state index contributed by atoms with van der Waals surface area (Å²) in [6, 6.07) is 15.1. The quantitative estimate of drug-likeness (QED) is 0.508. The number of benzene rings is 2. The third kappa shape index (κ3) is 6.12. The second-order valence-electron chi connectivity index (χ2n) is 5.97. The molecule has 0 saturated heterocycles. The number of rotatable bonds is 8. The summed E-state index contributed by atoms with van der Waals surface area (Å²) in [5.41, 5.74) is 1.56. The van der Waals surface area contributed by atoms with Crippen LogP contribution in [0.4, 0.5) is 0 Å². The molecule has 0 atom stereocenters. The average Bonchev–Trinajstić information content (AvgIpc) is 3.10. The predicted molar refractivity (Wildman–Crippen MR) is 109 cm³/mol. The van der Waals surface area contributed by atoms with Crippen molar-refractivity contribution < 1.29 is 9.53 Å². The number of carbonyl (C=O) groups is 1. The standard InChI is InChI=1S/C20H19BrClN3O2/c21-17-5-7-19(8-6-17)27-14-15-3-1-4-16(11-15)20(26)23-9-2-10-25-13-18(22)12-24-25/h1,3-8,11-13H,2,9-10,14H2,(H,23,26). The number of hydrogen-bond donors (Lipinski definition) is 1. The van der Waals surface area contributed by atoms with Crippen molar-refractivity contribution >= 4 is 33.4 Å². The van der Waals surface area contributed by atoms with Gasteiger partial charge < -0.3 is 10.1 Å². The Morgan fingerprint density at radius 1 is 1.22 bits per heavy atom. The largest absolute Gasteiger partial charge is 0.489 e. The Bertz CT molecular complexity index is 896. The van der Waals surface area contributed by atoms with Crippen LogP contribution in [0.15, 0.2) is 65.4 Å². The van der Waals surface area contributed by atoms with E-state index in [2.05, 4.69) is 26.3 Å². The molecule has 0 aliphatic carbocycles. The second-order valence-corrected chi connectivity index (χ2v) is 7.33. The molecule has 7 heteroatoms. The minimum absolute atomic E-state index is 0.0982. The van der Waals surface area contributed by atoms with Gasteiger partial charge in [-0.2, -0.15) is 5.10 Å². The molecular formula is C20H19BrClN3O2. The van der Waals surface area contributed by atoms with Crippen molar-refractivity contribution in [3.05, 3.63) is 81.5 Å². The van der Waals surface area contributed by atoms with E-state index >= 15 is 0 Å². The highest BCUT2D eigenvalue weighted by Gasteiger charge is 2.06. The number of ether oxygens (including phenoxy) is 1. The van der Waals surface area contributed by atoms with E-state index in [-0.39, 0.29) is 5.91 Å². The molecule has 140 valence electrons. The smallest absolute Gasteiger partial charge is 0.251 e. The predicted octanol–water partition coefficient (Wildman–Crippen LogP) is 4.70. The monoisotopic (exact) mass is 447 g/mol. The Hall–Kier alpha value is -2.31. The zero-order valence-electron chi connectivity index (χ0n) is 14.6. The van der Waals surface area contributed by atoms with Gasteiger partial charge in [-0.05, 0) is 48.4 Å². The Morgan fingerprint density at radius 2 is 2.04 bits per heavy atom. The highest BCUT2D eigenvalue weighted by molar-refractivity contribution is 9.10. The molecular weight excluding hydrogens is 430 g/mol. The second kappa shape index (κ2) is 9.58. The first kappa shape index (κ1) is 19.5. The van der Waals surface area contributed by atoms with Crippen molar-refractivity contribution in [2.45, 2.75) is 19.6 Å². The van der Waals surface area contributed by atoms with Crippen molar-refractivity contribution in [3.8, 4) is 5.75 Å². The molecule has 1 N–H and O–H groups in total. The maximum atomic E-state index is 12.3. The molecule has 0 aliphatic heterocycles. The number of carbonyl (C=O) groups excluding carboxylic acids is 1. The Balaban J connectivity index is 1.47. The van der Waals surface area contributed by atoms with E-state index in [9.17, 15) is 4.79 Å². The van der Waals surface area contributed by atoms with Crippen LogP contribution in [0.3, 0.4) is 0 Å². The summed E-state index contributed by atoms with van der Waals surface area (Å²) in [4.78, 5) is 12.3. The Morgan fingerprint density at radius 3 is 2.78 bits per heavy atom. The fourth-order valence-corrected chi connectivity index (χ4v) is 2.93. The Kier molecular flexibility index (Phi) is 6.90. The molecule has 0 radical (unpaired) electrons. The van der Waals surface area contributed by atoms with Crippen LogP contribution in [0.25, 0.3) is 0 Å². The number of halogens is 2. The van der Waals surface area contributed by atoms with Crippen LogP contribution in [0.5, 0.6) is 5.75 Å². The first-order valence-corrected chi connectivity index (χ1v) is 9.71. The van der Waals surface area contributed by atoms with Gasteiger partial charge in [-0.1, -0.05) is 39.7 Å². The molecule has 1 amide bonds. The van der Waals surface area contributed by atoms with E-state index in [1.54, 1.807) is 23.1 Å². The minimum atomic E-state index is -0.0982.